The summed E-state index contributed by atoms with van der Waals surface area (Å²) in [4.78, 5) is 9.75. The third-order valence-electron chi connectivity index (χ3n) is 7.98. The van der Waals surface area contributed by atoms with Gasteiger partial charge in [0.25, 0.3) is 0 Å². The van der Waals surface area contributed by atoms with Crippen molar-refractivity contribution in [2.75, 3.05) is 6.54 Å². The molecule has 2 aromatic carbocycles. The summed E-state index contributed by atoms with van der Waals surface area (Å²) in [7, 11) is 0. The van der Waals surface area contributed by atoms with Crippen LogP contribution in [0.25, 0.3) is 22.1 Å². The summed E-state index contributed by atoms with van der Waals surface area (Å²) < 4.78 is 0. The Hall–Kier alpha value is -2.20. The quantitative estimate of drug-likeness (QED) is 0.590. The normalized spacial score (nSPS) is 32.3. The number of phenols is 1. The number of hydrogen-bond acceptors (Lipinski definition) is 4. The Morgan fingerprint density at radius 1 is 1.04 bits per heavy atom. The molecule has 27 heavy (non-hydrogen) atoms. The van der Waals surface area contributed by atoms with E-state index in [9.17, 15) is 5.11 Å². The second kappa shape index (κ2) is 5.20. The summed E-state index contributed by atoms with van der Waals surface area (Å²) in [6, 6.07) is 10.5. The molecule has 1 aromatic heterocycles. The number of aromatic hydroxyl groups is 1. The van der Waals surface area contributed by atoms with Crippen molar-refractivity contribution < 1.29 is 5.11 Å². The van der Waals surface area contributed by atoms with Crippen molar-refractivity contribution in [1.29, 1.82) is 0 Å². The lowest BCUT2D eigenvalue weighted by Crippen LogP contribution is -2.65. The van der Waals surface area contributed by atoms with Gasteiger partial charge in [-0.25, -0.2) is 9.97 Å². The number of nitrogens with zero attached hydrogens (tertiary/aromatic N) is 2. The van der Waals surface area contributed by atoms with Crippen LogP contribution in [-0.4, -0.2) is 27.7 Å². The van der Waals surface area contributed by atoms with Gasteiger partial charge in [-0.2, -0.15) is 0 Å². The molecule has 2 fully saturated rings. The number of hydrogen-bond donors (Lipinski definition) is 2. The Balaban J connectivity index is 1.71. The minimum Gasteiger partial charge on any atom is -0.506 e. The lowest BCUT2D eigenvalue weighted by Gasteiger charge is -2.62. The molecular weight excluding hydrogens is 334 g/mol. The fourth-order valence-corrected chi connectivity index (χ4v) is 6.57. The van der Waals surface area contributed by atoms with E-state index in [4.69, 9.17) is 9.97 Å². The van der Waals surface area contributed by atoms with Crippen LogP contribution in [0.5, 0.6) is 5.75 Å². The molecule has 2 bridgehead atoms. The van der Waals surface area contributed by atoms with Gasteiger partial charge in [-0.1, -0.05) is 31.9 Å². The molecule has 0 spiro atoms. The lowest BCUT2D eigenvalue weighted by atomic mass is 9.45. The zero-order valence-electron chi connectivity index (χ0n) is 15.8. The van der Waals surface area contributed by atoms with Crippen LogP contribution in [0.15, 0.2) is 30.3 Å². The molecule has 6 rings (SSSR count). The second-order valence-corrected chi connectivity index (χ2v) is 9.00. The van der Waals surface area contributed by atoms with E-state index in [1.807, 2.05) is 30.3 Å². The second-order valence-electron chi connectivity index (χ2n) is 9.00. The first kappa shape index (κ1) is 15.8. The Morgan fingerprint density at radius 3 is 2.59 bits per heavy atom. The molecule has 0 unspecified atom stereocenters. The van der Waals surface area contributed by atoms with Crippen molar-refractivity contribution in [3.63, 3.8) is 0 Å². The maximum atomic E-state index is 10.9. The van der Waals surface area contributed by atoms with Crippen molar-refractivity contribution in [2.45, 2.75) is 56.9 Å². The summed E-state index contributed by atoms with van der Waals surface area (Å²) in [5.41, 5.74) is 6.41. The van der Waals surface area contributed by atoms with Crippen molar-refractivity contribution in [1.82, 2.24) is 15.3 Å². The Labute approximate surface area is 159 Å². The van der Waals surface area contributed by atoms with Crippen LogP contribution in [0, 0.1) is 5.41 Å². The molecule has 0 radical (unpaired) electrons. The van der Waals surface area contributed by atoms with Gasteiger partial charge >= 0.3 is 0 Å². The molecule has 2 N–H and O–H groups in total. The molecule has 1 saturated carbocycles. The number of nitrogens with one attached hydrogen (secondary N) is 1. The maximum absolute atomic E-state index is 10.9. The summed E-state index contributed by atoms with van der Waals surface area (Å²) in [5.74, 6) is 0.293. The molecule has 138 valence electrons. The van der Waals surface area contributed by atoms with E-state index in [-0.39, 0.29) is 10.8 Å². The Kier molecular flexibility index (Phi) is 3.04. The average molecular weight is 359 g/mol. The first-order valence-electron chi connectivity index (χ1n) is 10.3. The molecule has 3 aromatic rings. The third-order valence-corrected chi connectivity index (χ3v) is 7.98. The van der Waals surface area contributed by atoms with E-state index in [2.05, 4.69) is 12.2 Å². The average Bonchev–Trinajstić information content (AvgIpc) is 2.68. The number of benzene rings is 2. The van der Waals surface area contributed by atoms with Gasteiger partial charge in [-0.3, -0.25) is 0 Å². The molecule has 2 heterocycles. The predicted molar refractivity (Wildman–Crippen MR) is 107 cm³/mol. The van der Waals surface area contributed by atoms with E-state index in [0.717, 1.165) is 35.9 Å². The number of rotatable bonds is 0. The highest BCUT2D eigenvalue weighted by atomic mass is 16.3. The van der Waals surface area contributed by atoms with Gasteiger partial charge in [0.05, 0.1) is 16.6 Å². The number of phenolic OH excluding ortho intramolecular Hbond substituents is 1. The standard InChI is InChI=1S/C23H25N3O/c1-22-8-4-5-9-23(22)10-11-24-19(22)12-14-15(23)13-18(27)21-20(14)25-16-6-2-3-7-17(16)26-21/h2-3,6-7,13,19,24,27H,4-5,8-12H2,1H3/t19-,22+,23+/m0/s1. The predicted octanol–water partition coefficient (Wildman–Crippen LogP) is 4.22. The fraction of sp³-hybridized carbons (Fsp3) is 0.478. The van der Waals surface area contributed by atoms with Crippen molar-refractivity contribution >= 4 is 22.1 Å². The van der Waals surface area contributed by atoms with Crippen molar-refractivity contribution in [3.8, 4) is 5.75 Å². The zero-order chi connectivity index (χ0) is 18.2. The van der Waals surface area contributed by atoms with Crippen molar-refractivity contribution in [2.24, 2.45) is 5.41 Å². The van der Waals surface area contributed by atoms with Gasteiger partial charge in [0.2, 0.25) is 0 Å². The molecule has 1 saturated heterocycles. The van der Waals surface area contributed by atoms with Gasteiger partial charge in [0.15, 0.2) is 0 Å². The largest absolute Gasteiger partial charge is 0.506 e. The monoisotopic (exact) mass is 359 g/mol. The molecule has 4 nitrogen and oxygen atoms in total. The van der Waals surface area contributed by atoms with E-state index >= 15 is 0 Å². The zero-order valence-corrected chi connectivity index (χ0v) is 15.8. The first-order chi connectivity index (χ1) is 13.1. The van der Waals surface area contributed by atoms with E-state index in [1.54, 1.807) is 0 Å². The van der Waals surface area contributed by atoms with Crippen LogP contribution < -0.4 is 5.32 Å². The Morgan fingerprint density at radius 2 is 1.78 bits per heavy atom. The molecule has 1 aliphatic heterocycles. The SMILES string of the molecule is C[C@]12CCCC[C@]13CCN[C@H]2Cc1c3cc(O)c2nc3ccccc3nc12. The number of fused-ring (bicyclic) bond motifs is 4. The van der Waals surface area contributed by atoms with Gasteiger partial charge in [0, 0.05) is 11.5 Å². The highest BCUT2D eigenvalue weighted by Gasteiger charge is 2.59. The van der Waals surface area contributed by atoms with Crippen LogP contribution in [0.2, 0.25) is 0 Å². The van der Waals surface area contributed by atoms with E-state index in [1.165, 1.54) is 36.8 Å². The van der Waals surface area contributed by atoms with Crippen LogP contribution in [0.1, 0.15) is 50.2 Å². The van der Waals surface area contributed by atoms with E-state index < -0.39 is 0 Å². The van der Waals surface area contributed by atoms with Crippen LogP contribution >= 0.6 is 0 Å². The fourth-order valence-electron chi connectivity index (χ4n) is 6.57. The first-order valence-corrected chi connectivity index (χ1v) is 10.3. The summed E-state index contributed by atoms with van der Waals surface area (Å²) in [6.07, 6.45) is 7.23. The minimum absolute atomic E-state index is 0.160. The number of aromatic nitrogens is 2. The van der Waals surface area contributed by atoms with Gasteiger partial charge in [0.1, 0.15) is 11.3 Å². The molecule has 4 heteroatoms. The highest BCUT2D eigenvalue weighted by Crippen LogP contribution is 2.62. The van der Waals surface area contributed by atoms with Crippen LogP contribution in [0.3, 0.4) is 0 Å². The highest BCUT2D eigenvalue weighted by molar-refractivity contribution is 5.92. The lowest BCUT2D eigenvalue weighted by molar-refractivity contribution is -0.0137. The van der Waals surface area contributed by atoms with Crippen LogP contribution in [-0.2, 0) is 11.8 Å². The maximum Gasteiger partial charge on any atom is 0.143 e. The van der Waals surface area contributed by atoms with Gasteiger partial charge < -0.3 is 10.4 Å². The third kappa shape index (κ3) is 1.87. The molecule has 2 aliphatic carbocycles. The summed E-state index contributed by atoms with van der Waals surface area (Å²) in [6.45, 7) is 3.56. The molecule has 0 amide bonds. The molecule has 3 aliphatic rings. The van der Waals surface area contributed by atoms with Crippen LogP contribution in [0.4, 0.5) is 0 Å². The molecular formula is C23H25N3O. The Bertz CT molecular complexity index is 1090. The van der Waals surface area contributed by atoms with E-state index in [0.29, 0.717) is 17.3 Å². The van der Waals surface area contributed by atoms with Gasteiger partial charge in [-0.15, -0.1) is 0 Å². The van der Waals surface area contributed by atoms with Gasteiger partial charge in [-0.05, 0) is 67.0 Å². The molecule has 3 atom stereocenters. The number of piperidine rings is 1. The summed E-state index contributed by atoms with van der Waals surface area (Å²) in [5, 5.41) is 14.8. The summed E-state index contributed by atoms with van der Waals surface area (Å²) >= 11 is 0. The minimum atomic E-state index is 0.160. The topological polar surface area (TPSA) is 58.0 Å². The smallest absolute Gasteiger partial charge is 0.143 e. The number of para-hydroxylation sites is 2. The van der Waals surface area contributed by atoms with Crippen molar-refractivity contribution in [3.05, 3.63) is 41.5 Å².